The van der Waals surface area contributed by atoms with Crippen LogP contribution >= 0.6 is 0 Å². The number of aliphatic imine (C=N–C) groups is 2. The predicted octanol–water partition coefficient (Wildman–Crippen LogP) is -1.99. The molecule has 0 spiro atoms. The molecule has 3 aliphatic rings. The van der Waals surface area contributed by atoms with Gasteiger partial charge in [-0.2, -0.15) is 0 Å². The molecule has 2 aromatic rings. The molecule has 48 heavy (non-hydrogen) atoms. The van der Waals surface area contributed by atoms with Crippen molar-refractivity contribution in [1.82, 2.24) is 10.6 Å². The zero-order chi connectivity index (χ0) is 34.7. The quantitative estimate of drug-likeness (QED) is 0.0558. The summed E-state index contributed by atoms with van der Waals surface area (Å²) in [4.78, 5) is 67.7. The van der Waals surface area contributed by atoms with E-state index in [1.54, 1.807) is 0 Å². The van der Waals surface area contributed by atoms with Gasteiger partial charge in [0.05, 0.1) is 53.1 Å². The summed E-state index contributed by atoms with van der Waals surface area (Å²) in [6.45, 7) is -0.575. The van der Waals surface area contributed by atoms with Crippen molar-refractivity contribution in [3.05, 3.63) is 58.7 Å². The molecule has 0 radical (unpaired) electrons. The summed E-state index contributed by atoms with van der Waals surface area (Å²) in [5, 5.41) is 56.2. The lowest BCUT2D eigenvalue weighted by molar-refractivity contribution is -0.315. The van der Waals surface area contributed by atoms with E-state index in [-0.39, 0.29) is 33.6 Å². The maximum Gasteiger partial charge on any atom is 0.303 e. The number of hydrogen-bond acceptors (Lipinski definition) is 16. The highest BCUT2D eigenvalue weighted by atomic mass is 16.7. The summed E-state index contributed by atoms with van der Waals surface area (Å²) in [5.74, 6) is -3.26. The number of fused-ring (bicyclic) bond motifs is 2. The Kier molecular flexibility index (Phi) is 10.5. The number of nitrogens with one attached hydrogen (secondary N) is 2. The first-order valence-electron chi connectivity index (χ1n) is 14.4. The van der Waals surface area contributed by atoms with E-state index in [0.717, 1.165) is 19.4 Å². The van der Waals surface area contributed by atoms with Gasteiger partial charge in [-0.3, -0.25) is 44.6 Å². The zero-order valence-electron chi connectivity index (χ0n) is 25.0. The predicted molar refractivity (Wildman–Crippen MR) is 159 cm³/mol. The minimum absolute atomic E-state index is 0.0529. The molecule has 0 bridgehead atoms. The highest BCUT2D eigenvalue weighted by molar-refractivity contribution is 6.22. The van der Waals surface area contributed by atoms with Crippen molar-refractivity contribution >= 4 is 53.4 Å². The van der Waals surface area contributed by atoms with Crippen LogP contribution in [0.1, 0.15) is 48.4 Å². The van der Waals surface area contributed by atoms with Crippen molar-refractivity contribution < 1.29 is 68.5 Å². The Hall–Kier alpha value is -4.79. The summed E-state index contributed by atoms with van der Waals surface area (Å²) < 4.78 is 21.9. The molecule has 8 atom stereocenters. The van der Waals surface area contributed by atoms with Crippen LogP contribution in [0, 0.1) is 0 Å². The molecule has 0 aliphatic carbocycles. The molecule has 3 aliphatic heterocycles. The fourth-order valence-electron chi connectivity index (χ4n) is 5.09. The summed E-state index contributed by atoms with van der Waals surface area (Å²) >= 11 is 0. The zero-order valence-corrected chi connectivity index (χ0v) is 25.0. The Bertz CT molecular complexity index is 1680. The van der Waals surface area contributed by atoms with Crippen LogP contribution in [-0.4, -0.2) is 130 Å². The number of aliphatic hydroxyl groups excluding tert-OH is 5. The number of nitrogens with zero attached hydrogens (tertiary/aromatic N) is 2. The van der Waals surface area contributed by atoms with Crippen molar-refractivity contribution in [3.63, 3.8) is 0 Å². The molecule has 18 heteroatoms. The third-order valence-electron chi connectivity index (χ3n) is 7.44. The summed E-state index contributed by atoms with van der Waals surface area (Å²) in [6, 6.07) is 8.19. The lowest BCUT2D eigenvalue weighted by Crippen LogP contribution is -2.61. The molecule has 5 rings (SSSR count). The summed E-state index contributed by atoms with van der Waals surface area (Å²) in [5.41, 5.74) is 0.754. The van der Waals surface area contributed by atoms with Crippen LogP contribution in [0.25, 0.3) is 0 Å². The molecule has 1 saturated heterocycles. The fourth-order valence-corrected chi connectivity index (χ4v) is 5.09. The van der Waals surface area contributed by atoms with Gasteiger partial charge in [0.25, 0.3) is 23.6 Å². The first kappa shape index (κ1) is 34.5. The minimum Gasteiger partial charge on any atom is -0.457 e. The maximum atomic E-state index is 12.1. The number of amides is 4. The minimum atomic E-state index is -1.83. The number of aliphatic hydroxyl groups is 5. The van der Waals surface area contributed by atoms with Crippen molar-refractivity contribution in [2.45, 2.75) is 56.1 Å². The van der Waals surface area contributed by atoms with E-state index < -0.39 is 92.0 Å². The number of rotatable bonds is 12. The number of carbonyl (C=O) groups excluding carboxylic acids is 5. The second-order valence-corrected chi connectivity index (χ2v) is 10.7. The smallest absolute Gasteiger partial charge is 0.303 e. The molecule has 0 saturated carbocycles. The third kappa shape index (κ3) is 7.35. The molecule has 2 aromatic carbocycles. The monoisotopic (exact) mass is 670 g/mol. The van der Waals surface area contributed by atoms with Crippen LogP contribution < -0.4 is 10.6 Å². The molecule has 18 nitrogen and oxygen atoms in total. The van der Waals surface area contributed by atoms with Gasteiger partial charge in [-0.1, -0.05) is 0 Å². The van der Waals surface area contributed by atoms with Crippen LogP contribution in [0.5, 0.6) is 0 Å². The second kappa shape index (κ2) is 14.5. The Morgan fingerprint density at radius 1 is 0.875 bits per heavy atom. The van der Waals surface area contributed by atoms with Gasteiger partial charge in [-0.15, -0.1) is 0 Å². The highest BCUT2D eigenvalue weighted by Gasteiger charge is 2.48. The van der Waals surface area contributed by atoms with Crippen molar-refractivity contribution in [1.29, 1.82) is 0 Å². The first-order valence-corrected chi connectivity index (χ1v) is 14.4. The number of ether oxygens (including phenoxy) is 4. The molecule has 7 N–H and O–H groups in total. The van der Waals surface area contributed by atoms with E-state index in [4.69, 9.17) is 18.9 Å². The Balaban J connectivity index is 1.39. The second-order valence-electron chi connectivity index (χ2n) is 10.7. The summed E-state index contributed by atoms with van der Waals surface area (Å²) in [6.07, 6.45) is -11.0. The summed E-state index contributed by atoms with van der Waals surface area (Å²) in [7, 11) is 0. The topological polar surface area (TPSA) is 272 Å². The van der Waals surface area contributed by atoms with E-state index in [1.807, 2.05) is 0 Å². The number of benzene rings is 2. The van der Waals surface area contributed by atoms with Crippen LogP contribution in [0.15, 0.2) is 46.4 Å². The number of hydrogen-bond donors (Lipinski definition) is 7. The lowest BCUT2D eigenvalue weighted by atomic mass is 9.99. The van der Waals surface area contributed by atoms with Crippen molar-refractivity contribution in [2.75, 3.05) is 13.2 Å². The van der Waals surface area contributed by atoms with Crippen LogP contribution in [0.4, 0.5) is 11.4 Å². The van der Waals surface area contributed by atoms with Crippen LogP contribution in [0.3, 0.4) is 0 Å². The average molecular weight is 671 g/mol. The standard InChI is InChI=1S/C30H30N4O14/c1-12(37)45-25-23(39)21(11-36)48-30(24(25)40)47-19(8-31-13-2-4-15-17(6-13)28(43)33-26(15)41)20(10-35)46-22(38)9-32-14-3-5-16-18(7-14)29(44)34-27(16)42/h2-9,19-25,30,35-36,38-40H,10-11H2,1H3,(H,33,41,43)(H,34,42,44)/t19-,20-,21+,22-,23+,24+,25-,30+/m1/s1. The molecular weight excluding hydrogens is 640 g/mol. The van der Waals surface area contributed by atoms with Gasteiger partial charge >= 0.3 is 5.97 Å². The van der Waals surface area contributed by atoms with Crippen LogP contribution in [-0.2, 0) is 23.7 Å². The van der Waals surface area contributed by atoms with Gasteiger partial charge < -0.3 is 44.5 Å². The normalized spacial score (nSPS) is 25.5. The first-order chi connectivity index (χ1) is 22.9. The van der Waals surface area contributed by atoms with Gasteiger partial charge in [-0.25, -0.2) is 0 Å². The van der Waals surface area contributed by atoms with Gasteiger partial charge in [0, 0.05) is 13.1 Å². The average Bonchev–Trinajstić information content (AvgIpc) is 3.51. The van der Waals surface area contributed by atoms with Gasteiger partial charge in [-0.05, 0) is 36.4 Å². The molecule has 1 fully saturated rings. The number of esters is 1. The van der Waals surface area contributed by atoms with Crippen molar-refractivity contribution in [2.24, 2.45) is 9.98 Å². The molecule has 254 valence electrons. The van der Waals surface area contributed by atoms with E-state index in [2.05, 4.69) is 20.6 Å². The SMILES string of the molecule is CC(=O)O[C@H]1[C@H](O)[C@@H](O[C@H](C=Nc2ccc3c(c2)C(=O)NC3=O)[C@@H](CO)O[C@@H](O)C=Nc2ccc3c(c2)C(=O)NC3=O)O[C@@H](CO)[C@@H]1O. The van der Waals surface area contributed by atoms with Crippen molar-refractivity contribution in [3.8, 4) is 0 Å². The number of carbonyl (C=O) groups is 5. The molecule has 0 aromatic heterocycles. The van der Waals surface area contributed by atoms with E-state index in [9.17, 15) is 49.5 Å². The largest absolute Gasteiger partial charge is 0.457 e. The Morgan fingerprint density at radius 3 is 1.94 bits per heavy atom. The van der Waals surface area contributed by atoms with E-state index in [1.165, 1.54) is 36.4 Å². The fraction of sp³-hybridized carbons (Fsp3) is 0.367. The van der Waals surface area contributed by atoms with Gasteiger partial charge in [0.15, 0.2) is 18.7 Å². The third-order valence-corrected chi connectivity index (χ3v) is 7.44. The van der Waals surface area contributed by atoms with E-state index in [0.29, 0.717) is 0 Å². The van der Waals surface area contributed by atoms with Crippen LogP contribution in [0.2, 0.25) is 0 Å². The number of imide groups is 2. The van der Waals surface area contributed by atoms with E-state index >= 15 is 0 Å². The Morgan fingerprint density at radius 2 is 1.42 bits per heavy atom. The lowest BCUT2D eigenvalue weighted by Gasteiger charge is -2.42. The van der Waals surface area contributed by atoms with Gasteiger partial charge in [0.2, 0.25) is 0 Å². The molecule has 3 heterocycles. The molecule has 0 unspecified atom stereocenters. The Labute approximate surface area is 270 Å². The molecular formula is C30H30N4O14. The van der Waals surface area contributed by atoms with Gasteiger partial charge in [0.1, 0.15) is 30.5 Å². The maximum absolute atomic E-state index is 12.1. The molecule has 4 amide bonds. The highest BCUT2D eigenvalue weighted by Crippen LogP contribution is 2.28.